The van der Waals surface area contributed by atoms with E-state index in [9.17, 15) is 9.59 Å². The van der Waals surface area contributed by atoms with Crippen LogP contribution in [-0.4, -0.2) is 60.3 Å². The van der Waals surface area contributed by atoms with E-state index in [1.807, 2.05) is 57.2 Å². The molecule has 3 heterocycles. The number of aromatic nitrogens is 1. The Morgan fingerprint density at radius 3 is 2.64 bits per heavy atom. The van der Waals surface area contributed by atoms with Crippen molar-refractivity contribution in [1.29, 1.82) is 0 Å². The van der Waals surface area contributed by atoms with Crippen LogP contribution in [0.4, 0.5) is 16.2 Å². The maximum absolute atomic E-state index is 13.1. The number of carbonyl (C=O) groups excluding carboxylic acids is 2. The summed E-state index contributed by atoms with van der Waals surface area (Å²) in [6, 6.07) is 13.8. The quantitative estimate of drug-likeness (QED) is 0.533. The number of nitrogens with one attached hydrogen (secondary N) is 1. The van der Waals surface area contributed by atoms with Crippen LogP contribution in [0.5, 0.6) is 5.75 Å². The molecule has 0 saturated carbocycles. The third-order valence-corrected chi connectivity index (χ3v) is 6.99. The number of nitrogens with zero attached hydrogens (tertiary/aromatic N) is 3. The number of piperazine rings is 1. The van der Waals surface area contributed by atoms with Gasteiger partial charge in [0.15, 0.2) is 0 Å². The summed E-state index contributed by atoms with van der Waals surface area (Å²) in [7, 11) is 0. The minimum Gasteiger partial charge on any atom is -0.493 e. The monoisotopic (exact) mass is 506 g/mol. The maximum Gasteiger partial charge on any atom is 0.410 e. The lowest BCUT2D eigenvalue weighted by Crippen LogP contribution is -2.50. The van der Waals surface area contributed by atoms with Crippen molar-refractivity contribution >= 4 is 34.7 Å². The second-order valence-electron chi connectivity index (χ2n) is 9.88. The van der Waals surface area contributed by atoms with Crippen molar-refractivity contribution in [2.75, 3.05) is 43.0 Å². The van der Waals surface area contributed by atoms with Crippen molar-refractivity contribution in [3.8, 4) is 16.3 Å². The molecule has 36 heavy (non-hydrogen) atoms. The minimum atomic E-state index is -0.518. The third-order valence-electron chi connectivity index (χ3n) is 6.10. The van der Waals surface area contributed by atoms with Crippen molar-refractivity contribution in [3.05, 3.63) is 59.1 Å². The first-order valence-electron chi connectivity index (χ1n) is 12.1. The number of fused-ring (bicyclic) bond motifs is 1. The molecule has 2 aliphatic heterocycles. The molecule has 0 spiro atoms. The van der Waals surface area contributed by atoms with E-state index in [1.54, 1.807) is 10.3 Å². The van der Waals surface area contributed by atoms with Gasteiger partial charge < -0.3 is 24.6 Å². The second-order valence-corrected chi connectivity index (χ2v) is 10.7. The highest BCUT2D eigenvalue weighted by molar-refractivity contribution is 7.13. The number of carbonyl (C=O) groups is 2. The summed E-state index contributed by atoms with van der Waals surface area (Å²) in [6.45, 7) is 8.71. The average molecular weight is 507 g/mol. The predicted molar refractivity (Wildman–Crippen MR) is 141 cm³/mol. The molecule has 1 fully saturated rings. The van der Waals surface area contributed by atoms with Gasteiger partial charge in [0.05, 0.1) is 18.0 Å². The first kappa shape index (κ1) is 24.1. The second kappa shape index (κ2) is 9.81. The topological polar surface area (TPSA) is 84.0 Å². The number of para-hydroxylation sites is 2. The van der Waals surface area contributed by atoms with E-state index >= 15 is 0 Å². The fourth-order valence-electron chi connectivity index (χ4n) is 4.33. The summed E-state index contributed by atoms with van der Waals surface area (Å²) in [5.74, 6) is 0.679. The molecule has 0 unspecified atom stereocenters. The number of benzene rings is 2. The molecule has 1 saturated heterocycles. The number of ether oxygens (including phenoxy) is 2. The summed E-state index contributed by atoms with van der Waals surface area (Å²) in [4.78, 5) is 34.0. The van der Waals surface area contributed by atoms with Gasteiger partial charge in [-0.2, -0.15) is 0 Å². The summed E-state index contributed by atoms with van der Waals surface area (Å²) >= 11 is 1.45. The van der Waals surface area contributed by atoms with Crippen LogP contribution in [-0.2, 0) is 11.2 Å². The fraction of sp³-hybridized carbons (Fsp3) is 0.370. The van der Waals surface area contributed by atoms with Crippen molar-refractivity contribution in [2.24, 2.45) is 0 Å². The lowest BCUT2D eigenvalue weighted by Gasteiger charge is -2.37. The Bertz CT molecular complexity index is 1270. The molecular formula is C27H30N4O4S. The summed E-state index contributed by atoms with van der Waals surface area (Å²) in [5.41, 5.74) is 3.67. The number of anilines is 2. The molecule has 188 valence electrons. The number of thiazole rings is 1. The van der Waals surface area contributed by atoms with Gasteiger partial charge in [-0.3, -0.25) is 4.79 Å². The van der Waals surface area contributed by atoms with E-state index in [0.717, 1.165) is 34.1 Å². The lowest BCUT2D eigenvalue weighted by atomic mass is 10.1. The van der Waals surface area contributed by atoms with Gasteiger partial charge in [0, 0.05) is 43.5 Å². The molecule has 8 nitrogen and oxygen atoms in total. The van der Waals surface area contributed by atoms with E-state index in [2.05, 4.69) is 21.3 Å². The van der Waals surface area contributed by atoms with Gasteiger partial charge >= 0.3 is 6.09 Å². The first-order valence-corrected chi connectivity index (χ1v) is 13.0. The van der Waals surface area contributed by atoms with Gasteiger partial charge in [-0.05, 0) is 56.7 Å². The Morgan fingerprint density at radius 2 is 1.86 bits per heavy atom. The normalized spacial score (nSPS) is 15.3. The molecule has 1 aromatic heterocycles. The molecule has 2 amide bonds. The Labute approximate surface area is 214 Å². The van der Waals surface area contributed by atoms with E-state index in [4.69, 9.17) is 9.47 Å². The summed E-state index contributed by atoms with van der Waals surface area (Å²) < 4.78 is 11.1. The van der Waals surface area contributed by atoms with Crippen LogP contribution in [0.2, 0.25) is 0 Å². The van der Waals surface area contributed by atoms with E-state index < -0.39 is 5.60 Å². The molecule has 5 rings (SSSR count). The van der Waals surface area contributed by atoms with Crippen LogP contribution >= 0.6 is 11.3 Å². The van der Waals surface area contributed by atoms with Crippen LogP contribution < -0.4 is 15.0 Å². The lowest BCUT2D eigenvalue weighted by molar-refractivity contribution is 0.0240. The highest BCUT2D eigenvalue weighted by Crippen LogP contribution is 2.32. The highest BCUT2D eigenvalue weighted by atomic mass is 32.1. The van der Waals surface area contributed by atoms with E-state index in [1.165, 1.54) is 16.9 Å². The van der Waals surface area contributed by atoms with Gasteiger partial charge in [-0.25, -0.2) is 9.78 Å². The van der Waals surface area contributed by atoms with Crippen molar-refractivity contribution in [2.45, 2.75) is 32.8 Å². The molecule has 0 radical (unpaired) electrons. The zero-order valence-electron chi connectivity index (χ0n) is 20.7. The Kier molecular flexibility index (Phi) is 6.57. The standard InChI is InChI=1S/C27H30N4O4S/c1-27(2,3)35-26(33)31-13-11-30(12-14-31)22-7-5-4-6-20(22)28-24(32)21-17-36-25(29-21)19-8-9-23-18(16-19)10-15-34-23/h4-9,16-17H,10-15H2,1-3H3,(H,28,32). The number of hydrogen-bond donors (Lipinski definition) is 1. The third kappa shape index (κ3) is 5.31. The Balaban J connectivity index is 1.25. The fourth-order valence-corrected chi connectivity index (χ4v) is 5.13. The molecule has 3 aromatic rings. The number of rotatable bonds is 4. The van der Waals surface area contributed by atoms with Crippen LogP contribution in [0.25, 0.3) is 10.6 Å². The van der Waals surface area contributed by atoms with Gasteiger partial charge in [0.25, 0.3) is 5.91 Å². The van der Waals surface area contributed by atoms with E-state index in [0.29, 0.717) is 38.5 Å². The Hall–Kier alpha value is -3.59. The SMILES string of the molecule is CC(C)(C)OC(=O)N1CCN(c2ccccc2NC(=O)c2csc(-c3ccc4c(c3)CCO4)n2)CC1. The van der Waals surface area contributed by atoms with Crippen LogP contribution in [0.15, 0.2) is 47.8 Å². The van der Waals surface area contributed by atoms with Crippen LogP contribution in [0, 0.1) is 0 Å². The van der Waals surface area contributed by atoms with Gasteiger partial charge in [0.1, 0.15) is 22.1 Å². The van der Waals surface area contributed by atoms with Crippen molar-refractivity contribution in [3.63, 3.8) is 0 Å². The molecule has 1 N–H and O–H groups in total. The van der Waals surface area contributed by atoms with Crippen molar-refractivity contribution < 1.29 is 19.1 Å². The molecule has 9 heteroatoms. The smallest absolute Gasteiger partial charge is 0.410 e. The highest BCUT2D eigenvalue weighted by Gasteiger charge is 2.27. The van der Waals surface area contributed by atoms with E-state index in [-0.39, 0.29) is 12.0 Å². The predicted octanol–water partition coefficient (Wildman–Crippen LogP) is 5.05. The van der Waals surface area contributed by atoms with Crippen LogP contribution in [0.1, 0.15) is 36.8 Å². The zero-order valence-corrected chi connectivity index (χ0v) is 21.6. The summed E-state index contributed by atoms with van der Waals surface area (Å²) in [6.07, 6.45) is 0.601. The average Bonchev–Trinajstić information content (AvgIpc) is 3.53. The van der Waals surface area contributed by atoms with Crippen LogP contribution in [0.3, 0.4) is 0 Å². The van der Waals surface area contributed by atoms with Gasteiger partial charge in [-0.15, -0.1) is 11.3 Å². The number of hydrogen-bond acceptors (Lipinski definition) is 7. The largest absolute Gasteiger partial charge is 0.493 e. The molecule has 2 aliphatic rings. The molecule has 2 aromatic carbocycles. The Morgan fingerprint density at radius 1 is 1.08 bits per heavy atom. The van der Waals surface area contributed by atoms with Gasteiger partial charge in [0.2, 0.25) is 0 Å². The van der Waals surface area contributed by atoms with Crippen molar-refractivity contribution in [1.82, 2.24) is 9.88 Å². The van der Waals surface area contributed by atoms with Gasteiger partial charge in [-0.1, -0.05) is 12.1 Å². The molecular weight excluding hydrogens is 476 g/mol. The summed E-state index contributed by atoms with van der Waals surface area (Å²) in [5, 5.41) is 5.63. The minimum absolute atomic E-state index is 0.248. The zero-order chi connectivity index (χ0) is 25.3. The maximum atomic E-state index is 13.1. The molecule has 0 aliphatic carbocycles. The number of amides is 2. The first-order chi connectivity index (χ1) is 17.3. The molecule has 0 atom stereocenters. The molecule has 0 bridgehead atoms.